The third-order valence-electron chi connectivity index (χ3n) is 3.32. The Morgan fingerprint density at radius 1 is 1.24 bits per heavy atom. The van der Waals surface area contributed by atoms with E-state index in [1.54, 1.807) is 34.1 Å². The van der Waals surface area contributed by atoms with Crippen molar-refractivity contribution in [1.82, 2.24) is 9.55 Å². The molecule has 0 spiro atoms. The first-order chi connectivity index (χ1) is 10.2. The van der Waals surface area contributed by atoms with Gasteiger partial charge in [0.25, 0.3) is 0 Å². The summed E-state index contributed by atoms with van der Waals surface area (Å²) in [5.41, 5.74) is 8.46. The maximum Gasteiger partial charge on any atom is 0.420 e. The lowest BCUT2D eigenvalue weighted by Crippen LogP contribution is -2.14. The van der Waals surface area contributed by atoms with Crippen LogP contribution in [0.4, 0.5) is 5.69 Å². The number of rotatable bonds is 2. The maximum atomic E-state index is 12.0. The number of benzene rings is 2. The minimum atomic E-state index is -0.394. The lowest BCUT2D eigenvalue weighted by atomic mass is 10.3. The second-order valence-corrected chi connectivity index (χ2v) is 5.87. The minimum absolute atomic E-state index is 0.394. The summed E-state index contributed by atoms with van der Waals surface area (Å²) in [5, 5.41) is 0.873. The zero-order valence-electron chi connectivity index (χ0n) is 10.9. The number of para-hydroxylation sites is 1. The number of fused-ring (bicyclic) bond motifs is 2. The number of aromatic nitrogens is 2. The molecule has 0 atom stereocenters. The van der Waals surface area contributed by atoms with Crippen molar-refractivity contribution in [3.8, 4) is 0 Å². The van der Waals surface area contributed by atoms with E-state index in [4.69, 9.17) is 10.2 Å². The molecule has 0 aliphatic heterocycles. The molecule has 0 aliphatic rings. The number of oxazole rings is 1. The SMILES string of the molecule is Nc1ccc2c(c1)oc(=O)n2Cc1nc2ccccc2s1. The molecule has 0 fully saturated rings. The van der Waals surface area contributed by atoms with Gasteiger partial charge in [-0.25, -0.2) is 9.78 Å². The summed E-state index contributed by atoms with van der Waals surface area (Å²) in [7, 11) is 0. The van der Waals surface area contributed by atoms with Gasteiger partial charge in [-0.2, -0.15) is 0 Å². The molecule has 6 heteroatoms. The molecule has 0 saturated carbocycles. The number of nitrogens with two attached hydrogens (primary N) is 1. The highest BCUT2D eigenvalue weighted by atomic mass is 32.1. The summed E-state index contributed by atoms with van der Waals surface area (Å²) in [6, 6.07) is 13.1. The topological polar surface area (TPSA) is 74.0 Å². The fourth-order valence-electron chi connectivity index (χ4n) is 2.36. The van der Waals surface area contributed by atoms with E-state index >= 15 is 0 Å². The molecule has 4 rings (SSSR count). The molecule has 104 valence electrons. The molecule has 2 N–H and O–H groups in total. The molecule has 0 bridgehead atoms. The third-order valence-corrected chi connectivity index (χ3v) is 4.35. The zero-order chi connectivity index (χ0) is 14.4. The van der Waals surface area contributed by atoms with Crippen LogP contribution in [0.3, 0.4) is 0 Å². The van der Waals surface area contributed by atoms with E-state index in [1.807, 2.05) is 24.3 Å². The average molecular weight is 297 g/mol. The Hall–Kier alpha value is -2.60. The molecule has 2 aromatic carbocycles. The van der Waals surface area contributed by atoms with Crippen LogP contribution in [-0.2, 0) is 6.54 Å². The van der Waals surface area contributed by atoms with E-state index in [0.717, 1.165) is 20.7 Å². The fraction of sp³-hybridized carbons (Fsp3) is 0.0667. The van der Waals surface area contributed by atoms with Crippen LogP contribution in [0.1, 0.15) is 5.01 Å². The Balaban J connectivity index is 1.83. The molecule has 4 aromatic rings. The van der Waals surface area contributed by atoms with E-state index in [1.165, 1.54) is 0 Å². The molecule has 0 radical (unpaired) electrons. The van der Waals surface area contributed by atoms with Crippen LogP contribution in [0.25, 0.3) is 21.3 Å². The summed E-state index contributed by atoms with van der Waals surface area (Å²) in [5.74, 6) is -0.394. The molecule has 0 aliphatic carbocycles. The molecule has 2 heterocycles. The van der Waals surface area contributed by atoms with Crippen molar-refractivity contribution in [3.05, 3.63) is 58.0 Å². The van der Waals surface area contributed by atoms with Crippen LogP contribution < -0.4 is 11.5 Å². The predicted octanol–water partition coefficient (Wildman–Crippen LogP) is 2.83. The van der Waals surface area contributed by atoms with Gasteiger partial charge in [0.05, 0.1) is 22.3 Å². The second kappa shape index (κ2) is 4.46. The van der Waals surface area contributed by atoms with Crippen molar-refractivity contribution in [2.45, 2.75) is 6.54 Å². The van der Waals surface area contributed by atoms with Crippen LogP contribution in [0.5, 0.6) is 0 Å². The van der Waals surface area contributed by atoms with Crippen LogP contribution in [0.15, 0.2) is 51.7 Å². The number of hydrogen-bond donors (Lipinski definition) is 1. The monoisotopic (exact) mass is 297 g/mol. The van der Waals surface area contributed by atoms with E-state index in [-0.39, 0.29) is 0 Å². The van der Waals surface area contributed by atoms with Crippen molar-refractivity contribution in [2.75, 3.05) is 5.73 Å². The number of thiazole rings is 1. The molecule has 2 aromatic heterocycles. The van der Waals surface area contributed by atoms with Crippen LogP contribution >= 0.6 is 11.3 Å². The first-order valence-electron chi connectivity index (χ1n) is 6.44. The summed E-state index contributed by atoms with van der Waals surface area (Å²) in [6.45, 7) is 0.398. The van der Waals surface area contributed by atoms with Gasteiger partial charge in [0.15, 0.2) is 5.58 Å². The summed E-state index contributed by atoms with van der Waals surface area (Å²) >= 11 is 1.58. The number of anilines is 1. The van der Waals surface area contributed by atoms with Crippen LogP contribution in [0.2, 0.25) is 0 Å². The largest absolute Gasteiger partial charge is 0.420 e. The number of nitrogens with zero attached hydrogens (tertiary/aromatic N) is 2. The lowest BCUT2D eigenvalue weighted by Gasteiger charge is -1.98. The van der Waals surface area contributed by atoms with Gasteiger partial charge in [-0.3, -0.25) is 4.57 Å². The molecular weight excluding hydrogens is 286 g/mol. The smallest absolute Gasteiger partial charge is 0.408 e. The van der Waals surface area contributed by atoms with Crippen molar-refractivity contribution in [3.63, 3.8) is 0 Å². The summed E-state index contributed by atoms with van der Waals surface area (Å²) in [4.78, 5) is 16.5. The fourth-order valence-corrected chi connectivity index (χ4v) is 3.31. The van der Waals surface area contributed by atoms with E-state index in [9.17, 15) is 4.79 Å². The van der Waals surface area contributed by atoms with Gasteiger partial charge in [0.2, 0.25) is 0 Å². The highest BCUT2D eigenvalue weighted by Crippen LogP contribution is 2.23. The van der Waals surface area contributed by atoms with Gasteiger partial charge in [-0.15, -0.1) is 11.3 Å². The Morgan fingerprint density at radius 2 is 2.10 bits per heavy atom. The van der Waals surface area contributed by atoms with Crippen molar-refractivity contribution in [2.24, 2.45) is 0 Å². The van der Waals surface area contributed by atoms with Crippen LogP contribution in [-0.4, -0.2) is 9.55 Å². The molecule has 0 saturated heterocycles. The van der Waals surface area contributed by atoms with E-state index in [0.29, 0.717) is 17.8 Å². The van der Waals surface area contributed by atoms with Gasteiger partial charge in [0.1, 0.15) is 5.01 Å². The van der Waals surface area contributed by atoms with Gasteiger partial charge < -0.3 is 10.2 Å². The second-order valence-electron chi connectivity index (χ2n) is 4.76. The predicted molar refractivity (Wildman–Crippen MR) is 83.6 cm³/mol. The van der Waals surface area contributed by atoms with Crippen molar-refractivity contribution >= 4 is 38.3 Å². The highest BCUT2D eigenvalue weighted by Gasteiger charge is 2.12. The number of hydrogen-bond acceptors (Lipinski definition) is 5. The Labute approximate surface area is 123 Å². The molecular formula is C15H11N3O2S. The zero-order valence-corrected chi connectivity index (χ0v) is 11.8. The summed E-state index contributed by atoms with van der Waals surface area (Å²) in [6.07, 6.45) is 0. The first kappa shape index (κ1) is 12.2. The maximum absolute atomic E-state index is 12.0. The molecule has 21 heavy (non-hydrogen) atoms. The van der Waals surface area contributed by atoms with Crippen molar-refractivity contribution < 1.29 is 4.42 Å². The minimum Gasteiger partial charge on any atom is -0.408 e. The normalized spacial score (nSPS) is 11.4. The third kappa shape index (κ3) is 2.00. The van der Waals surface area contributed by atoms with E-state index in [2.05, 4.69) is 4.98 Å². The Morgan fingerprint density at radius 3 is 2.95 bits per heavy atom. The van der Waals surface area contributed by atoms with Gasteiger partial charge >= 0.3 is 5.76 Å². The standard InChI is InChI=1S/C15H11N3O2S/c16-9-5-6-11-12(7-9)20-15(19)18(11)8-14-17-10-3-1-2-4-13(10)21-14/h1-7H,8,16H2. The van der Waals surface area contributed by atoms with Gasteiger partial charge in [0, 0.05) is 11.8 Å². The summed E-state index contributed by atoms with van der Waals surface area (Å²) < 4.78 is 7.92. The molecule has 0 amide bonds. The number of nitrogen functional groups attached to an aromatic ring is 1. The lowest BCUT2D eigenvalue weighted by molar-refractivity contribution is 0.517. The van der Waals surface area contributed by atoms with E-state index < -0.39 is 5.76 Å². The Kier molecular flexibility index (Phi) is 2.58. The highest BCUT2D eigenvalue weighted by molar-refractivity contribution is 7.18. The van der Waals surface area contributed by atoms with Gasteiger partial charge in [-0.1, -0.05) is 12.1 Å². The van der Waals surface area contributed by atoms with Gasteiger partial charge in [-0.05, 0) is 24.3 Å². The first-order valence-corrected chi connectivity index (χ1v) is 7.26. The average Bonchev–Trinajstić information content (AvgIpc) is 3.00. The van der Waals surface area contributed by atoms with Crippen LogP contribution in [0, 0.1) is 0 Å². The molecule has 5 nitrogen and oxygen atoms in total. The molecule has 0 unspecified atom stereocenters. The Bertz CT molecular complexity index is 980. The van der Waals surface area contributed by atoms with Crippen molar-refractivity contribution in [1.29, 1.82) is 0 Å². The quantitative estimate of drug-likeness (QED) is 0.577.